The van der Waals surface area contributed by atoms with Crippen LogP contribution in [-0.2, 0) is 0 Å². The zero-order chi connectivity index (χ0) is 16.5. The summed E-state index contributed by atoms with van der Waals surface area (Å²) in [7, 11) is 0. The predicted octanol–water partition coefficient (Wildman–Crippen LogP) is 7.19. The van der Waals surface area contributed by atoms with Gasteiger partial charge >= 0.3 is 0 Å². The summed E-state index contributed by atoms with van der Waals surface area (Å²) < 4.78 is 14.0. The van der Waals surface area contributed by atoms with E-state index in [4.69, 9.17) is 0 Å². The fourth-order valence-corrected chi connectivity index (χ4v) is 3.84. The minimum atomic E-state index is -0.280. The smallest absolute Gasteiger partial charge is 0.149 e. The minimum Gasteiger partial charge on any atom is -0.205 e. The number of rotatable bonds is 8. The van der Waals surface area contributed by atoms with E-state index in [-0.39, 0.29) is 5.82 Å². The van der Waals surface area contributed by atoms with Crippen molar-refractivity contribution in [3.8, 4) is 0 Å². The van der Waals surface area contributed by atoms with Gasteiger partial charge in [0.15, 0.2) is 0 Å². The molecule has 0 unspecified atom stereocenters. The summed E-state index contributed by atoms with van der Waals surface area (Å²) in [5.74, 6) is 1.11. The molecule has 0 aliphatic heterocycles. The van der Waals surface area contributed by atoms with Gasteiger partial charge in [-0.15, -0.1) is 0 Å². The molecule has 126 valence electrons. The number of hydrogen-bond donors (Lipinski definition) is 0. The van der Waals surface area contributed by atoms with E-state index in [1.165, 1.54) is 64.2 Å². The highest BCUT2D eigenvalue weighted by Gasteiger charge is 2.22. The highest BCUT2D eigenvalue weighted by molar-refractivity contribution is 7.78. The van der Waals surface area contributed by atoms with Crippen molar-refractivity contribution in [3.05, 3.63) is 29.6 Å². The Morgan fingerprint density at radius 3 is 2.52 bits per heavy atom. The molecule has 1 fully saturated rings. The van der Waals surface area contributed by atoms with Crippen LogP contribution in [-0.4, -0.2) is 5.16 Å². The van der Waals surface area contributed by atoms with Gasteiger partial charge in [-0.2, -0.15) is 4.99 Å². The molecule has 0 heterocycles. The Labute approximate surface area is 145 Å². The molecule has 1 saturated carbocycles. The molecule has 1 nitrogen and oxygen atoms in total. The van der Waals surface area contributed by atoms with E-state index in [9.17, 15) is 4.39 Å². The van der Waals surface area contributed by atoms with E-state index < -0.39 is 0 Å². The van der Waals surface area contributed by atoms with Crippen LogP contribution in [0.15, 0.2) is 23.2 Å². The molecule has 0 spiro atoms. The lowest BCUT2D eigenvalue weighted by molar-refractivity contribution is 0.301. The average Bonchev–Trinajstić information content (AvgIpc) is 2.57. The summed E-state index contributed by atoms with van der Waals surface area (Å²) in [4.78, 5) is 3.75. The largest absolute Gasteiger partial charge is 0.205 e. The Morgan fingerprint density at radius 1 is 1.13 bits per heavy atom. The maximum absolute atomic E-state index is 14.0. The third-order valence-electron chi connectivity index (χ3n) is 5.17. The zero-order valence-corrected chi connectivity index (χ0v) is 15.0. The standard InChI is InChI=1S/C20H28FNS/c1-2-3-4-5-6-7-16-8-10-17(11-9-16)18-12-13-20(22-15-23)19(21)14-18/h12-14,16-17H,2-11H2,1H3. The Hall–Kier alpha value is -1.05. The molecule has 23 heavy (non-hydrogen) atoms. The Kier molecular flexibility index (Phi) is 7.91. The number of aliphatic imine (C=N–C) groups is 1. The van der Waals surface area contributed by atoms with Crippen LogP contribution in [0.25, 0.3) is 0 Å². The molecule has 2 rings (SSSR count). The minimum absolute atomic E-state index is 0.280. The number of halogens is 1. The highest BCUT2D eigenvalue weighted by atomic mass is 32.1. The molecule has 0 saturated heterocycles. The summed E-state index contributed by atoms with van der Waals surface area (Å²) in [6, 6.07) is 5.37. The molecule has 1 aromatic rings. The van der Waals surface area contributed by atoms with Gasteiger partial charge in [-0.25, -0.2) is 4.39 Å². The number of hydrogen-bond acceptors (Lipinski definition) is 2. The van der Waals surface area contributed by atoms with Crippen molar-refractivity contribution in [2.45, 2.75) is 77.0 Å². The first kappa shape index (κ1) is 18.3. The Bertz CT molecular complexity index is 528. The van der Waals surface area contributed by atoms with Crippen LogP contribution >= 0.6 is 12.2 Å². The van der Waals surface area contributed by atoms with Crippen LogP contribution in [0.3, 0.4) is 0 Å². The van der Waals surface area contributed by atoms with Crippen LogP contribution in [0, 0.1) is 11.7 Å². The second-order valence-electron chi connectivity index (χ2n) is 6.83. The van der Waals surface area contributed by atoms with Crippen LogP contribution in [0.5, 0.6) is 0 Å². The van der Waals surface area contributed by atoms with E-state index in [1.807, 2.05) is 6.07 Å². The van der Waals surface area contributed by atoms with E-state index >= 15 is 0 Å². The summed E-state index contributed by atoms with van der Waals surface area (Å²) in [6.07, 6.45) is 13.2. The van der Waals surface area contributed by atoms with Crippen LogP contribution < -0.4 is 0 Å². The number of unbranched alkanes of at least 4 members (excludes halogenated alkanes) is 4. The molecule has 0 atom stereocenters. The third kappa shape index (κ3) is 5.82. The molecule has 1 aliphatic carbocycles. The molecule has 0 N–H and O–H groups in total. The van der Waals surface area contributed by atoms with Gasteiger partial charge in [0.1, 0.15) is 11.5 Å². The van der Waals surface area contributed by atoms with Crippen molar-refractivity contribution in [1.29, 1.82) is 0 Å². The maximum atomic E-state index is 14.0. The van der Waals surface area contributed by atoms with Gasteiger partial charge in [0.25, 0.3) is 0 Å². The first-order valence-corrected chi connectivity index (χ1v) is 9.52. The molecule has 0 radical (unpaired) electrons. The lowest BCUT2D eigenvalue weighted by atomic mass is 9.77. The number of nitrogens with zero attached hydrogens (tertiary/aromatic N) is 1. The van der Waals surface area contributed by atoms with Crippen LogP contribution in [0.4, 0.5) is 10.1 Å². The van der Waals surface area contributed by atoms with Gasteiger partial charge in [0.2, 0.25) is 0 Å². The van der Waals surface area contributed by atoms with Crippen LogP contribution in [0.2, 0.25) is 0 Å². The second kappa shape index (κ2) is 9.95. The summed E-state index contributed by atoms with van der Waals surface area (Å²) in [5, 5.41) is 2.23. The van der Waals surface area contributed by atoms with Gasteiger partial charge in [0.05, 0.1) is 5.16 Å². The maximum Gasteiger partial charge on any atom is 0.149 e. The summed E-state index contributed by atoms with van der Waals surface area (Å²) >= 11 is 4.54. The van der Waals surface area contributed by atoms with Crippen molar-refractivity contribution >= 4 is 23.1 Å². The monoisotopic (exact) mass is 333 g/mol. The van der Waals surface area contributed by atoms with Crippen molar-refractivity contribution < 1.29 is 4.39 Å². The highest BCUT2D eigenvalue weighted by Crippen LogP contribution is 2.38. The SMILES string of the molecule is CCCCCCCC1CCC(c2ccc(N=C=S)c(F)c2)CC1. The van der Waals surface area contributed by atoms with Gasteiger partial charge in [-0.3, -0.25) is 0 Å². The molecular formula is C20H28FNS. The van der Waals surface area contributed by atoms with Gasteiger partial charge in [0, 0.05) is 0 Å². The van der Waals surface area contributed by atoms with Gasteiger partial charge in [-0.05, 0) is 67.4 Å². The first-order chi connectivity index (χ1) is 11.2. The Balaban J connectivity index is 1.78. The molecule has 1 aliphatic rings. The lowest BCUT2D eigenvalue weighted by Crippen LogP contribution is -2.13. The number of isothiocyanates is 1. The summed E-state index contributed by atoms with van der Waals surface area (Å²) in [6.45, 7) is 2.26. The lowest BCUT2D eigenvalue weighted by Gasteiger charge is -2.29. The van der Waals surface area contributed by atoms with Crippen molar-refractivity contribution in [1.82, 2.24) is 0 Å². The average molecular weight is 334 g/mol. The molecule has 0 aromatic heterocycles. The molecule has 0 bridgehead atoms. The topological polar surface area (TPSA) is 12.4 Å². The fourth-order valence-electron chi connectivity index (χ4n) is 3.74. The predicted molar refractivity (Wildman–Crippen MR) is 99.2 cm³/mol. The second-order valence-corrected chi connectivity index (χ2v) is 7.02. The molecule has 1 aromatic carbocycles. The molecular weight excluding hydrogens is 305 g/mol. The van der Waals surface area contributed by atoms with Gasteiger partial charge < -0.3 is 0 Å². The normalized spacial score (nSPS) is 21.0. The summed E-state index contributed by atoms with van der Waals surface area (Å²) in [5.41, 5.74) is 1.41. The third-order valence-corrected chi connectivity index (χ3v) is 5.26. The van der Waals surface area contributed by atoms with E-state index in [0.717, 1.165) is 11.5 Å². The first-order valence-electron chi connectivity index (χ1n) is 9.12. The molecule has 0 amide bonds. The fraction of sp³-hybridized carbons (Fsp3) is 0.650. The van der Waals surface area contributed by atoms with E-state index in [1.54, 1.807) is 12.1 Å². The van der Waals surface area contributed by atoms with E-state index in [2.05, 4.69) is 29.3 Å². The van der Waals surface area contributed by atoms with Crippen molar-refractivity contribution in [2.75, 3.05) is 0 Å². The number of thiocarbonyl (C=S) groups is 1. The van der Waals surface area contributed by atoms with Crippen LogP contribution in [0.1, 0.15) is 82.6 Å². The van der Waals surface area contributed by atoms with Crippen molar-refractivity contribution in [2.24, 2.45) is 10.9 Å². The van der Waals surface area contributed by atoms with Gasteiger partial charge in [-0.1, -0.05) is 51.5 Å². The number of benzene rings is 1. The van der Waals surface area contributed by atoms with Crippen molar-refractivity contribution in [3.63, 3.8) is 0 Å². The molecule has 3 heteroatoms. The zero-order valence-electron chi connectivity index (χ0n) is 14.2. The Morgan fingerprint density at radius 2 is 1.87 bits per heavy atom. The quantitative estimate of drug-likeness (QED) is 0.278. The van der Waals surface area contributed by atoms with E-state index in [0.29, 0.717) is 11.6 Å².